The zero-order valence-electron chi connectivity index (χ0n) is 11.0. The van der Waals surface area contributed by atoms with Crippen LogP contribution in [0.4, 0.5) is 18.9 Å². The van der Waals surface area contributed by atoms with Gasteiger partial charge in [0.05, 0.1) is 10.5 Å². The maximum atomic E-state index is 12.9. The molecule has 3 nitrogen and oxygen atoms in total. The number of hydrogen-bond acceptors (Lipinski definition) is 3. The summed E-state index contributed by atoms with van der Waals surface area (Å²) >= 11 is 0. The van der Waals surface area contributed by atoms with E-state index < -0.39 is 27.3 Å². The summed E-state index contributed by atoms with van der Waals surface area (Å²) < 4.78 is 62.1. The van der Waals surface area contributed by atoms with Crippen LogP contribution in [-0.2, 0) is 16.0 Å². The summed E-state index contributed by atoms with van der Waals surface area (Å²) in [6.45, 7) is 0. The van der Waals surface area contributed by atoms with Crippen LogP contribution in [0, 0.1) is 0 Å². The molecule has 0 fully saturated rings. The summed E-state index contributed by atoms with van der Waals surface area (Å²) in [4.78, 5) is -0.0251. The van der Waals surface area contributed by atoms with Crippen molar-refractivity contribution in [2.24, 2.45) is 0 Å². The van der Waals surface area contributed by atoms with Gasteiger partial charge in [0, 0.05) is 17.5 Å². The molecule has 2 rings (SSSR count). The van der Waals surface area contributed by atoms with Gasteiger partial charge in [0.25, 0.3) is 0 Å². The second-order valence-corrected chi connectivity index (χ2v) is 6.55. The van der Waals surface area contributed by atoms with Crippen LogP contribution in [-0.4, -0.2) is 14.7 Å². The molecule has 0 saturated heterocycles. The van der Waals surface area contributed by atoms with Crippen molar-refractivity contribution in [3.05, 3.63) is 48.0 Å². The molecule has 0 atom stereocenters. The Morgan fingerprint density at radius 3 is 2.24 bits per heavy atom. The maximum Gasteiger partial charge on any atom is 0.418 e. The SMILES string of the molecule is CS(=O)(=O)c1ccccc1-c1ccc(N)c(C(F)(F)F)c1. The Labute approximate surface area is 120 Å². The lowest BCUT2D eigenvalue weighted by Crippen LogP contribution is -2.09. The van der Waals surface area contributed by atoms with Crippen molar-refractivity contribution in [2.75, 3.05) is 12.0 Å². The van der Waals surface area contributed by atoms with Gasteiger partial charge in [-0.15, -0.1) is 0 Å². The van der Waals surface area contributed by atoms with Gasteiger partial charge in [-0.25, -0.2) is 8.42 Å². The average molecular weight is 315 g/mol. The van der Waals surface area contributed by atoms with E-state index in [1.54, 1.807) is 6.07 Å². The summed E-state index contributed by atoms with van der Waals surface area (Å²) in [6.07, 6.45) is -3.59. The second kappa shape index (κ2) is 5.07. The molecule has 0 radical (unpaired) electrons. The molecule has 0 amide bonds. The van der Waals surface area contributed by atoms with Crippen LogP contribution in [0.2, 0.25) is 0 Å². The monoisotopic (exact) mass is 315 g/mol. The molecule has 2 aromatic carbocycles. The van der Waals surface area contributed by atoms with E-state index >= 15 is 0 Å². The molecule has 0 aliphatic rings. The molecule has 2 N–H and O–H groups in total. The Bertz CT molecular complexity index is 783. The molecule has 0 heterocycles. The molecule has 0 unspecified atom stereocenters. The van der Waals surface area contributed by atoms with Crippen LogP contribution < -0.4 is 5.73 Å². The summed E-state index contributed by atoms with van der Waals surface area (Å²) in [6, 6.07) is 9.25. The highest BCUT2D eigenvalue weighted by Crippen LogP contribution is 2.37. The van der Waals surface area contributed by atoms with Gasteiger partial charge in [-0.3, -0.25) is 0 Å². The van der Waals surface area contributed by atoms with Crippen LogP contribution >= 0.6 is 0 Å². The van der Waals surface area contributed by atoms with Gasteiger partial charge in [0.1, 0.15) is 0 Å². The highest BCUT2D eigenvalue weighted by atomic mass is 32.2. The molecular weight excluding hydrogens is 303 g/mol. The van der Waals surface area contributed by atoms with E-state index in [0.717, 1.165) is 18.4 Å². The third kappa shape index (κ3) is 3.18. The Morgan fingerprint density at radius 2 is 1.67 bits per heavy atom. The Hall–Kier alpha value is -2.02. The molecule has 0 spiro atoms. The zero-order valence-corrected chi connectivity index (χ0v) is 11.8. The predicted octanol–water partition coefficient (Wildman–Crippen LogP) is 3.36. The topological polar surface area (TPSA) is 60.2 Å². The van der Waals surface area contributed by atoms with E-state index in [1.165, 1.54) is 24.3 Å². The highest BCUT2D eigenvalue weighted by Gasteiger charge is 2.33. The van der Waals surface area contributed by atoms with Crippen molar-refractivity contribution in [1.82, 2.24) is 0 Å². The lowest BCUT2D eigenvalue weighted by atomic mass is 10.0. The number of benzene rings is 2. The summed E-state index contributed by atoms with van der Waals surface area (Å²) in [5.41, 5.74) is 4.32. The standard InChI is InChI=1S/C14H12F3NO2S/c1-21(19,20)13-5-3-2-4-10(13)9-6-7-12(18)11(8-9)14(15,16)17/h2-8H,18H2,1H3. The molecule has 0 saturated carbocycles. The van der Waals surface area contributed by atoms with Crippen molar-refractivity contribution in [1.29, 1.82) is 0 Å². The van der Waals surface area contributed by atoms with Crippen molar-refractivity contribution < 1.29 is 21.6 Å². The minimum Gasteiger partial charge on any atom is -0.398 e. The van der Waals surface area contributed by atoms with Gasteiger partial charge in [0.2, 0.25) is 0 Å². The first kappa shape index (κ1) is 15.4. The molecule has 112 valence electrons. The Balaban J connectivity index is 2.70. The molecule has 2 aromatic rings. The molecule has 0 aromatic heterocycles. The van der Waals surface area contributed by atoms with Crippen molar-refractivity contribution in [2.45, 2.75) is 11.1 Å². The minimum atomic E-state index is -4.60. The number of nitrogens with two attached hydrogens (primary N) is 1. The quantitative estimate of drug-likeness (QED) is 0.865. The molecule has 0 aliphatic heterocycles. The molecule has 21 heavy (non-hydrogen) atoms. The minimum absolute atomic E-state index is 0.0251. The van der Waals surface area contributed by atoms with E-state index in [-0.39, 0.29) is 16.0 Å². The number of sulfone groups is 1. The first-order valence-electron chi connectivity index (χ1n) is 5.87. The third-order valence-corrected chi connectivity index (χ3v) is 4.11. The number of nitrogen functional groups attached to an aromatic ring is 1. The largest absolute Gasteiger partial charge is 0.418 e. The fraction of sp³-hybridized carbons (Fsp3) is 0.143. The predicted molar refractivity (Wildman–Crippen MR) is 74.4 cm³/mol. The summed E-state index contributed by atoms with van der Waals surface area (Å²) in [5, 5.41) is 0. The zero-order chi connectivity index (χ0) is 15.8. The first-order chi connectivity index (χ1) is 9.60. The van der Waals surface area contributed by atoms with Gasteiger partial charge < -0.3 is 5.73 Å². The van der Waals surface area contributed by atoms with Crippen LogP contribution in [0.25, 0.3) is 11.1 Å². The van der Waals surface area contributed by atoms with Crippen LogP contribution in [0.15, 0.2) is 47.4 Å². The molecular formula is C14H12F3NO2S. The normalized spacial score (nSPS) is 12.4. The fourth-order valence-electron chi connectivity index (χ4n) is 2.00. The summed E-state index contributed by atoms with van der Waals surface area (Å²) in [5.74, 6) is 0. The van der Waals surface area contributed by atoms with Gasteiger partial charge in [-0.2, -0.15) is 13.2 Å². The van der Waals surface area contributed by atoms with Gasteiger partial charge in [-0.05, 0) is 23.8 Å². The smallest absolute Gasteiger partial charge is 0.398 e. The second-order valence-electron chi connectivity index (χ2n) is 4.57. The molecule has 0 bridgehead atoms. The van der Waals surface area contributed by atoms with Crippen molar-refractivity contribution >= 4 is 15.5 Å². The van der Waals surface area contributed by atoms with E-state index in [0.29, 0.717) is 0 Å². The lowest BCUT2D eigenvalue weighted by molar-refractivity contribution is -0.136. The lowest BCUT2D eigenvalue weighted by Gasteiger charge is -2.13. The Kier molecular flexibility index (Phi) is 3.71. The van der Waals surface area contributed by atoms with E-state index in [1.807, 2.05) is 0 Å². The fourth-order valence-corrected chi connectivity index (χ4v) is 2.91. The van der Waals surface area contributed by atoms with Crippen LogP contribution in [0.1, 0.15) is 5.56 Å². The van der Waals surface area contributed by atoms with Crippen molar-refractivity contribution in [3.8, 4) is 11.1 Å². The summed E-state index contributed by atoms with van der Waals surface area (Å²) in [7, 11) is -3.55. The first-order valence-corrected chi connectivity index (χ1v) is 7.76. The molecule has 7 heteroatoms. The van der Waals surface area contributed by atoms with Gasteiger partial charge in [0.15, 0.2) is 9.84 Å². The van der Waals surface area contributed by atoms with Crippen LogP contribution in [0.5, 0.6) is 0 Å². The molecule has 0 aliphatic carbocycles. The van der Waals surface area contributed by atoms with Crippen LogP contribution in [0.3, 0.4) is 0 Å². The number of halogens is 3. The van der Waals surface area contributed by atoms with Gasteiger partial charge >= 0.3 is 6.18 Å². The van der Waals surface area contributed by atoms with E-state index in [9.17, 15) is 21.6 Å². The van der Waals surface area contributed by atoms with E-state index in [2.05, 4.69) is 0 Å². The Morgan fingerprint density at radius 1 is 1.05 bits per heavy atom. The maximum absolute atomic E-state index is 12.9. The third-order valence-electron chi connectivity index (χ3n) is 2.96. The average Bonchev–Trinajstić information content (AvgIpc) is 2.37. The van der Waals surface area contributed by atoms with Gasteiger partial charge in [-0.1, -0.05) is 24.3 Å². The van der Waals surface area contributed by atoms with E-state index in [4.69, 9.17) is 5.73 Å². The highest BCUT2D eigenvalue weighted by molar-refractivity contribution is 7.90. The van der Waals surface area contributed by atoms with Crippen molar-refractivity contribution in [3.63, 3.8) is 0 Å². The number of alkyl halides is 3. The number of anilines is 1. The number of hydrogen-bond donors (Lipinski definition) is 1. The number of rotatable bonds is 2.